The van der Waals surface area contributed by atoms with Gasteiger partial charge in [0.05, 0.1) is 0 Å². The van der Waals surface area contributed by atoms with Gasteiger partial charge in [0.2, 0.25) is 10.0 Å². The van der Waals surface area contributed by atoms with Crippen molar-refractivity contribution in [1.82, 2.24) is 4.72 Å². The van der Waals surface area contributed by atoms with E-state index in [-0.39, 0.29) is 11.4 Å². The quantitative estimate of drug-likeness (QED) is 0.702. The topological polar surface area (TPSA) is 92.7 Å². The second-order valence-electron chi connectivity index (χ2n) is 4.22. The molecule has 21 heavy (non-hydrogen) atoms. The highest BCUT2D eigenvalue weighted by Gasteiger charge is 2.27. The summed E-state index contributed by atoms with van der Waals surface area (Å²) in [6.45, 7) is 0.292. The van der Waals surface area contributed by atoms with E-state index in [0.717, 1.165) is 12.1 Å². The minimum Gasteiger partial charge on any atom is -0.480 e. The summed E-state index contributed by atoms with van der Waals surface area (Å²) in [5.41, 5.74) is 0. The highest BCUT2D eigenvalue weighted by atomic mass is 35.5. The lowest BCUT2D eigenvalue weighted by Crippen LogP contribution is -2.41. The number of hydrogen-bond donors (Lipinski definition) is 2. The minimum atomic E-state index is -4.29. The van der Waals surface area contributed by atoms with E-state index in [4.69, 9.17) is 21.4 Å². The van der Waals surface area contributed by atoms with Gasteiger partial charge in [-0.05, 0) is 31.0 Å². The van der Waals surface area contributed by atoms with Crippen LogP contribution < -0.4 is 4.72 Å². The maximum atomic E-state index is 13.6. The molecular weight excluding hydrogens is 325 g/mol. The molecule has 0 fully saturated rings. The first-order chi connectivity index (χ1) is 9.77. The Morgan fingerprint density at radius 1 is 1.52 bits per heavy atom. The van der Waals surface area contributed by atoms with Gasteiger partial charge in [-0.25, -0.2) is 12.8 Å². The summed E-state index contributed by atoms with van der Waals surface area (Å²) < 4.78 is 44.4. The van der Waals surface area contributed by atoms with Gasteiger partial charge >= 0.3 is 5.97 Å². The summed E-state index contributed by atoms with van der Waals surface area (Å²) in [4.78, 5) is 10.4. The van der Waals surface area contributed by atoms with Crippen molar-refractivity contribution in [2.75, 3.05) is 13.7 Å². The molecule has 0 amide bonds. The Balaban J connectivity index is 2.92. The molecule has 0 saturated heterocycles. The van der Waals surface area contributed by atoms with Crippen molar-refractivity contribution in [3.05, 3.63) is 29.0 Å². The van der Waals surface area contributed by atoms with Gasteiger partial charge in [0, 0.05) is 18.7 Å². The number of sulfonamides is 1. The fourth-order valence-corrected chi connectivity index (χ4v) is 3.05. The number of methoxy groups -OCH3 is 1. The maximum Gasteiger partial charge on any atom is 0.321 e. The third kappa shape index (κ3) is 5.24. The van der Waals surface area contributed by atoms with E-state index >= 15 is 0 Å². The van der Waals surface area contributed by atoms with Crippen LogP contribution in [0.5, 0.6) is 0 Å². The summed E-state index contributed by atoms with van der Waals surface area (Å²) >= 11 is 5.54. The molecule has 1 atom stereocenters. The van der Waals surface area contributed by atoms with E-state index < -0.39 is 32.7 Å². The lowest BCUT2D eigenvalue weighted by Gasteiger charge is -2.15. The molecule has 0 radical (unpaired) electrons. The average Bonchev–Trinajstić information content (AvgIpc) is 2.36. The van der Waals surface area contributed by atoms with Crippen LogP contribution >= 0.6 is 11.6 Å². The fraction of sp³-hybridized carbons (Fsp3) is 0.417. The van der Waals surface area contributed by atoms with Crippen molar-refractivity contribution < 1.29 is 27.4 Å². The maximum absolute atomic E-state index is 13.6. The largest absolute Gasteiger partial charge is 0.480 e. The molecule has 0 saturated carbocycles. The van der Waals surface area contributed by atoms with Gasteiger partial charge in [0.25, 0.3) is 0 Å². The van der Waals surface area contributed by atoms with E-state index in [9.17, 15) is 17.6 Å². The Labute approximate surface area is 126 Å². The number of carbonyl (C=O) groups is 1. The Bertz CT molecular complexity index is 608. The number of aliphatic carboxylic acids is 1. The molecule has 0 aliphatic rings. The van der Waals surface area contributed by atoms with Crippen LogP contribution in [0.1, 0.15) is 12.8 Å². The van der Waals surface area contributed by atoms with Gasteiger partial charge in [-0.2, -0.15) is 4.72 Å². The molecule has 1 aromatic rings. The van der Waals surface area contributed by atoms with Crippen LogP contribution in [0.25, 0.3) is 0 Å². The van der Waals surface area contributed by atoms with Crippen molar-refractivity contribution >= 4 is 27.6 Å². The molecule has 1 unspecified atom stereocenters. The van der Waals surface area contributed by atoms with E-state index in [1.807, 2.05) is 4.72 Å². The summed E-state index contributed by atoms with van der Waals surface area (Å²) in [6.07, 6.45) is 0.372. The number of carboxylic acids is 1. The first-order valence-corrected chi connectivity index (χ1v) is 7.83. The van der Waals surface area contributed by atoms with Gasteiger partial charge in [0.15, 0.2) is 0 Å². The third-order valence-corrected chi connectivity index (χ3v) is 4.36. The van der Waals surface area contributed by atoms with Crippen molar-refractivity contribution in [1.29, 1.82) is 0 Å². The lowest BCUT2D eigenvalue weighted by atomic mass is 10.2. The van der Waals surface area contributed by atoms with E-state index in [0.29, 0.717) is 13.0 Å². The smallest absolute Gasteiger partial charge is 0.321 e. The molecule has 0 heterocycles. The molecule has 0 bridgehead atoms. The lowest BCUT2D eigenvalue weighted by molar-refractivity contribution is -0.139. The molecule has 1 rings (SSSR count). The molecule has 9 heteroatoms. The van der Waals surface area contributed by atoms with Crippen LogP contribution in [-0.2, 0) is 19.6 Å². The summed E-state index contributed by atoms with van der Waals surface area (Å²) in [5.74, 6) is -2.39. The van der Waals surface area contributed by atoms with Gasteiger partial charge in [-0.15, -0.1) is 0 Å². The predicted molar refractivity (Wildman–Crippen MR) is 74.3 cm³/mol. The number of hydrogen-bond acceptors (Lipinski definition) is 4. The second-order valence-corrected chi connectivity index (χ2v) is 6.34. The first kappa shape index (κ1) is 17.8. The van der Waals surface area contributed by atoms with Gasteiger partial charge in [-0.1, -0.05) is 11.6 Å². The number of nitrogens with one attached hydrogen (secondary N) is 1. The fourth-order valence-electron chi connectivity index (χ4n) is 1.61. The zero-order valence-corrected chi connectivity index (χ0v) is 12.7. The van der Waals surface area contributed by atoms with Crippen molar-refractivity contribution in [3.8, 4) is 0 Å². The second kappa shape index (κ2) is 7.69. The standard InChI is InChI=1S/C12H15ClFNO5S/c1-20-6-2-3-10(12(16)17)15-21(18,19)11-5-4-8(13)7-9(11)14/h4-5,7,10,15H,2-3,6H2,1H3,(H,16,17). The van der Waals surface area contributed by atoms with Gasteiger partial charge in [0.1, 0.15) is 16.8 Å². The highest BCUT2D eigenvalue weighted by Crippen LogP contribution is 2.19. The molecule has 1 aromatic carbocycles. The Morgan fingerprint density at radius 2 is 2.19 bits per heavy atom. The number of carboxylic acid groups (broad SMARTS) is 1. The Morgan fingerprint density at radius 3 is 2.71 bits per heavy atom. The van der Waals surface area contributed by atoms with Crippen molar-refractivity contribution in [2.45, 2.75) is 23.8 Å². The van der Waals surface area contributed by atoms with E-state index in [1.54, 1.807) is 0 Å². The minimum absolute atomic E-state index is 0.0254. The van der Waals surface area contributed by atoms with E-state index in [1.165, 1.54) is 13.2 Å². The molecule has 0 aromatic heterocycles. The third-order valence-electron chi connectivity index (χ3n) is 2.62. The molecule has 118 valence electrons. The van der Waals surface area contributed by atoms with E-state index in [2.05, 4.69) is 0 Å². The van der Waals surface area contributed by atoms with Crippen LogP contribution in [0.15, 0.2) is 23.1 Å². The zero-order valence-electron chi connectivity index (χ0n) is 11.2. The zero-order chi connectivity index (χ0) is 16.0. The van der Waals surface area contributed by atoms with Crippen LogP contribution in [0.2, 0.25) is 5.02 Å². The molecular formula is C12H15ClFNO5S. The highest BCUT2D eigenvalue weighted by molar-refractivity contribution is 7.89. The van der Waals surface area contributed by atoms with Crippen LogP contribution in [-0.4, -0.2) is 39.3 Å². The predicted octanol–water partition coefficient (Wildman–Crippen LogP) is 1.64. The molecule has 0 aliphatic heterocycles. The summed E-state index contributed by atoms with van der Waals surface area (Å²) in [5, 5.41) is 9.06. The first-order valence-electron chi connectivity index (χ1n) is 5.97. The monoisotopic (exact) mass is 339 g/mol. The Kier molecular flexibility index (Phi) is 6.53. The van der Waals surface area contributed by atoms with Crippen molar-refractivity contribution in [3.63, 3.8) is 0 Å². The van der Waals surface area contributed by atoms with Crippen LogP contribution in [0, 0.1) is 5.82 Å². The average molecular weight is 340 g/mol. The van der Waals surface area contributed by atoms with Crippen molar-refractivity contribution in [2.24, 2.45) is 0 Å². The normalized spacial score (nSPS) is 13.1. The SMILES string of the molecule is COCCCC(NS(=O)(=O)c1ccc(Cl)cc1F)C(=O)O. The summed E-state index contributed by atoms with van der Waals surface area (Å²) in [7, 11) is -2.85. The number of benzene rings is 1. The van der Waals surface area contributed by atoms with Gasteiger partial charge in [-0.3, -0.25) is 4.79 Å². The van der Waals surface area contributed by atoms with Crippen LogP contribution in [0.3, 0.4) is 0 Å². The summed E-state index contributed by atoms with van der Waals surface area (Å²) in [6, 6.07) is 1.67. The molecule has 6 nitrogen and oxygen atoms in total. The molecule has 0 aliphatic carbocycles. The number of rotatable bonds is 8. The van der Waals surface area contributed by atoms with Gasteiger partial charge < -0.3 is 9.84 Å². The number of halogens is 2. The van der Waals surface area contributed by atoms with Crippen LogP contribution in [0.4, 0.5) is 4.39 Å². The number of ether oxygens (including phenoxy) is 1. The molecule has 0 spiro atoms. The molecule has 2 N–H and O–H groups in total. The Hall–Kier alpha value is -1.22.